The highest BCUT2D eigenvalue weighted by Gasteiger charge is 2.07. The lowest BCUT2D eigenvalue weighted by molar-refractivity contribution is 0.917. The zero-order valence-corrected chi connectivity index (χ0v) is 12.1. The van der Waals surface area contributed by atoms with E-state index in [2.05, 4.69) is 64.6 Å². The zero-order valence-electron chi connectivity index (χ0n) is 12.1. The van der Waals surface area contributed by atoms with Gasteiger partial charge in [0.15, 0.2) is 0 Å². The zero-order chi connectivity index (χ0) is 13.5. The van der Waals surface area contributed by atoms with E-state index in [-0.39, 0.29) is 0 Å². The van der Waals surface area contributed by atoms with Crippen LogP contribution in [0.4, 0.5) is 0 Å². The monoisotopic (exact) mass is 240 g/mol. The minimum atomic E-state index is 1.13. The molecule has 0 spiro atoms. The molecule has 0 nitrogen and oxygen atoms in total. The molecule has 1 aromatic rings. The fourth-order valence-corrected chi connectivity index (χ4v) is 2.14. The van der Waals surface area contributed by atoms with Gasteiger partial charge >= 0.3 is 0 Å². The first kappa shape index (κ1) is 14.5. The van der Waals surface area contributed by atoms with E-state index in [9.17, 15) is 0 Å². The van der Waals surface area contributed by atoms with Crippen LogP contribution in [0.1, 0.15) is 43.9 Å². The van der Waals surface area contributed by atoms with Crippen LogP contribution >= 0.6 is 0 Å². The van der Waals surface area contributed by atoms with Gasteiger partial charge < -0.3 is 0 Å². The van der Waals surface area contributed by atoms with Gasteiger partial charge in [-0.1, -0.05) is 61.9 Å². The average molecular weight is 240 g/mol. The van der Waals surface area contributed by atoms with Crippen molar-refractivity contribution in [1.82, 2.24) is 0 Å². The standard InChI is InChI=1S/C18H24/c1-6-9-16-12-11-14(4)13-18(16)17(10-7-2)15(5)8-3/h7-8,10-13H,3,6,9H2,1-2,4-5H3/b10-7-,17-15+. The summed E-state index contributed by atoms with van der Waals surface area (Å²) in [4.78, 5) is 0. The SMILES string of the molecule is C=C/C(C)=C(\C=C/C)c1cc(C)ccc1CCC. The van der Waals surface area contributed by atoms with Crippen LogP contribution in [-0.4, -0.2) is 0 Å². The van der Waals surface area contributed by atoms with E-state index in [0.29, 0.717) is 0 Å². The largest absolute Gasteiger partial charge is 0.0988 e. The molecular formula is C18H24. The highest BCUT2D eigenvalue weighted by atomic mass is 14.1. The van der Waals surface area contributed by atoms with Crippen molar-refractivity contribution in [2.45, 2.75) is 40.5 Å². The Balaban J connectivity index is 3.43. The summed E-state index contributed by atoms with van der Waals surface area (Å²) in [7, 11) is 0. The van der Waals surface area contributed by atoms with Crippen molar-refractivity contribution in [1.29, 1.82) is 0 Å². The summed E-state index contributed by atoms with van der Waals surface area (Å²) in [6, 6.07) is 6.74. The van der Waals surface area contributed by atoms with Crippen molar-refractivity contribution in [2.75, 3.05) is 0 Å². The quantitative estimate of drug-likeness (QED) is 0.597. The van der Waals surface area contributed by atoms with Crippen LogP contribution < -0.4 is 0 Å². The molecule has 0 aliphatic heterocycles. The summed E-state index contributed by atoms with van der Waals surface area (Å²) in [5, 5.41) is 0. The first-order valence-corrected chi connectivity index (χ1v) is 6.69. The Morgan fingerprint density at radius 3 is 2.61 bits per heavy atom. The van der Waals surface area contributed by atoms with Gasteiger partial charge in [0.1, 0.15) is 0 Å². The molecule has 1 aromatic carbocycles. The number of aryl methyl sites for hydroxylation is 2. The molecule has 18 heavy (non-hydrogen) atoms. The summed E-state index contributed by atoms with van der Waals surface area (Å²) >= 11 is 0. The molecule has 0 N–H and O–H groups in total. The lowest BCUT2D eigenvalue weighted by Crippen LogP contribution is -1.95. The van der Waals surface area contributed by atoms with Gasteiger partial charge in [0, 0.05) is 0 Å². The fraction of sp³-hybridized carbons (Fsp3) is 0.333. The van der Waals surface area contributed by atoms with E-state index in [1.165, 1.54) is 34.3 Å². The Morgan fingerprint density at radius 2 is 2.06 bits per heavy atom. The van der Waals surface area contributed by atoms with E-state index < -0.39 is 0 Å². The molecule has 0 aromatic heterocycles. The van der Waals surface area contributed by atoms with Gasteiger partial charge in [-0.15, -0.1) is 0 Å². The predicted octanol–water partition coefficient (Wildman–Crippen LogP) is 5.48. The molecule has 0 unspecified atom stereocenters. The molecule has 0 heteroatoms. The second-order valence-electron chi connectivity index (χ2n) is 4.71. The van der Waals surface area contributed by atoms with Gasteiger partial charge in [0.05, 0.1) is 0 Å². The molecule has 0 heterocycles. The molecule has 0 fully saturated rings. The highest BCUT2D eigenvalue weighted by molar-refractivity contribution is 5.80. The topological polar surface area (TPSA) is 0 Å². The van der Waals surface area contributed by atoms with Gasteiger partial charge in [-0.25, -0.2) is 0 Å². The minimum Gasteiger partial charge on any atom is -0.0988 e. The van der Waals surface area contributed by atoms with Gasteiger partial charge in [-0.05, 0) is 49.5 Å². The predicted molar refractivity (Wildman–Crippen MR) is 82.8 cm³/mol. The van der Waals surface area contributed by atoms with Crippen molar-refractivity contribution >= 4 is 5.57 Å². The average Bonchev–Trinajstić information content (AvgIpc) is 2.37. The van der Waals surface area contributed by atoms with Crippen molar-refractivity contribution in [3.8, 4) is 0 Å². The van der Waals surface area contributed by atoms with Crippen LogP contribution in [0.3, 0.4) is 0 Å². The maximum absolute atomic E-state index is 3.90. The van der Waals surface area contributed by atoms with Crippen molar-refractivity contribution < 1.29 is 0 Å². The summed E-state index contributed by atoms with van der Waals surface area (Å²) < 4.78 is 0. The van der Waals surface area contributed by atoms with Crippen LogP contribution in [0, 0.1) is 6.92 Å². The van der Waals surface area contributed by atoms with Gasteiger partial charge in [-0.3, -0.25) is 0 Å². The van der Waals surface area contributed by atoms with Crippen molar-refractivity contribution in [3.05, 3.63) is 65.3 Å². The van der Waals surface area contributed by atoms with Gasteiger partial charge in [-0.2, -0.15) is 0 Å². The molecule has 0 saturated carbocycles. The molecule has 0 amide bonds. The summed E-state index contributed by atoms with van der Waals surface area (Å²) in [5.74, 6) is 0. The van der Waals surface area contributed by atoms with E-state index in [0.717, 1.165) is 6.42 Å². The first-order chi connectivity index (χ1) is 8.63. The molecule has 1 rings (SSSR count). The second kappa shape index (κ2) is 7.00. The molecule has 96 valence electrons. The first-order valence-electron chi connectivity index (χ1n) is 6.69. The third-order valence-electron chi connectivity index (χ3n) is 3.14. The maximum Gasteiger partial charge on any atom is -0.0147 e. The van der Waals surface area contributed by atoms with Crippen LogP contribution in [0.2, 0.25) is 0 Å². The second-order valence-corrected chi connectivity index (χ2v) is 4.71. The molecule has 0 atom stereocenters. The molecule has 0 bridgehead atoms. The Kier molecular flexibility index (Phi) is 5.64. The van der Waals surface area contributed by atoms with Crippen molar-refractivity contribution in [2.24, 2.45) is 0 Å². The lowest BCUT2D eigenvalue weighted by Gasteiger charge is -2.13. The third-order valence-corrected chi connectivity index (χ3v) is 3.14. The Bertz CT molecular complexity index is 473. The molecule has 0 saturated heterocycles. The summed E-state index contributed by atoms with van der Waals surface area (Å²) in [6.45, 7) is 12.5. The Morgan fingerprint density at radius 1 is 1.33 bits per heavy atom. The van der Waals surface area contributed by atoms with Crippen LogP contribution in [0.25, 0.3) is 5.57 Å². The maximum atomic E-state index is 3.90. The number of allylic oxidation sites excluding steroid dienone is 5. The summed E-state index contributed by atoms with van der Waals surface area (Å²) in [5.41, 5.74) is 6.61. The van der Waals surface area contributed by atoms with Crippen molar-refractivity contribution in [3.63, 3.8) is 0 Å². The number of hydrogen-bond acceptors (Lipinski definition) is 0. The van der Waals surface area contributed by atoms with E-state index in [1.807, 2.05) is 6.08 Å². The Hall–Kier alpha value is -1.56. The fourth-order valence-electron chi connectivity index (χ4n) is 2.14. The molecular weight excluding hydrogens is 216 g/mol. The van der Waals surface area contributed by atoms with Crippen LogP contribution in [-0.2, 0) is 6.42 Å². The minimum absolute atomic E-state index is 1.13. The normalized spacial score (nSPS) is 12.7. The molecule has 0 aliphatic carbocycles. The number of hydrogen-bond donors (Lipinski definition) is 0. The summed E-state index contributed by atoms with van der Waals surface area (Å²) in [6.07, 6.45) is 8.52. The molecule has 0 aliphatic rings. The van der Waals surface area contributed by atoms with E-state index in [4.69, 9.17) is 0 Å². The molecule has 0 radical (unpaired) electrons. The number of benzene rings is 1. The number of rotatable bonds is 5. The highest BCUT2D eigenvalue weighted by Crippen LogP contribution is 2.26. The lowest BCUT2D eigenvalue weighted by atomic mass is 9.92. The third kappa shape index (κ3) is 3.46. The van der Waals surface area contributed by atoms with E-state index >= 15 is 0 Å². The Labute approximate surface area is 112 Å². The van der Waals surface area contributed by atoms with E-state index in [1.54, 1.807) is 0 Å². The van der Waals surface area contributed by atoms with Crippen LogP contribution in [0.15, 0.2) is 48.6 Å². The van der Waals surface area contributed by atoms with Gasteiger partial charge in [0.2, 0.25) is 0 Å². The smallest absolute Gasteiger partial charge is 0.0147 e. The van der Waals surface area contributed by atoms with Gasteiger partial charge in [0.25, 0.3) is 0 Å². The van der Waals surface area contributed by atoms with Crippen LogP contribution in [0.5, 0.6) is 0 Å².